The Bertz CT molecular complexity index is 344. The zero-order valence-electron chi connectivity index (χ0n) is 11.1. The zero-order chi connectivity index (χ0) is 13.4. The molecule has 2 unspecified atom stereocenters. The number of ether oxygens (including phenoxy) is 1. The highest BCUT2D eigenvalue weighted by molar-refractivity contribution is 5.35. The highest BCUT2D eigenvalue weighted by atomic mass is 16.5. The summed E-state index contributed by atoms with van der Waals surface area (Å²) in [7, 11) is 0. The fraction of sp³-hybridized carbons (Fsp3) is 0.571. The van der Waals surface area contributed by atoms with Crippen molar-refractivity contribution in [2.45, 2.75) is 32.4 Å². The second-order valence-corrected chi connectivity index (χ2v) is 4.36. The first-order valence-electron chi connectivity index (χ1n) is 6.43. The fourth-order valence-corrected chi connectivity index (χ4v) is 1.68. The van der Waals surface area contributed by atoms with Crippen molar-refractivity contribution < 1.29 is 14.9 Å². The summed E-state index contributed by atoms with van der Waals surface area (Å²) < 4.78 is 5.54. The van der Waals surface area contributed by atoms with Gasteiger partial charge in [-0.1, -0.05) is 25.1 Å². The Labute approximate surface area is 109 Å². The van der Waals surface area contributed by atoms with Crippen molar-refractivity contribution in [3.63, 3.8) is 0 Å². The maximum Gasteiger partial charge on any atom is 0.124 e. The molecule has 0 saturated heterocycles. The lowest BCUT2D eigenvalue weighted by Crippen LogP contribution is -2.23. The van der Waals surface area contributed by atoms with Crippen molar-refractivity contribution >= 4 is 0 Å². The molecule has 102 valence electrons. The molecular formula is C14H23NO3. The van der Waals surface area contributed by atoms with Crippen LogP contribution in [-0.4, -0.2) is 36.1 Å². The number of para-hydroxylation sites is 1. The molecule has 2 atom stereocenters. The van der Waals surface area contributed by atoms with Gasteiger partial charge in [-0.25, -0.2) is 0 Å². The minimum absolute atomic E-state index is 0.105. The second kappa shape index (κ2) is 8.08. The maximum absolute atomic E-state index is 9.30. The zero-order valence-corrected chi connectivity index (χ0v) is 11.1. The molecule has 0 bridgehead atoms. The molecule has 18 heavy (non-hydrogen) atoms. The summed E-state index contributed by atoms with van der Waals surface area (Å²) in [6.45, 7) is 4.98. The third kappa shape index (κ3) is 4.64. The van der Waals surface area contributed by atoms with Gasteiger partial charge < -0.3 is 20.3 Å². The summed E-state index contributed by atoms with van der Waals surface area (Å²) in [6, 6.07) is 7.95. The summed E-state index contributed by atoms with van der Waals surface area (Å²) in [5, 5.41) is 21.5. The van der Waals surface area contributed by atoms with Crippen molar-refractivity contribution in [3.05, 3.63) is 29.8 Å². The van der Waals surface area contributed by atoms with E-state index in [1.807, 2.05) is 24.3 Å². The highest BCUT2D eigenvalue weighted by Crippen LogP contribution is 2.24. The van der Waals surface area contributed by atoms with Crippen LogP contribution in [0.5, 0.6) is 5.75 Å². The maximum atomic E-state index is 9.30. The Balaban J connectivity index is 2.66. The summed E-state index contributed by atoms with van der Waals surface area (Å²) in [5.74, 6) is 0.751. The summed E-state index contributed by atoms with van der Waals surface area (Å²) in [4.78, 5) is 0. The topological polar surface area (TPSA) is 61.7 Å². The van der Waals surface area contributed by atoms with Crippen LogP contribution in [0.25, 0.3) is 0 Å². The molecule has 0 aromatic heterocycles. The number of hydrogen-bond donors (Lipinski definition) is 3. The van der Waals surface area contributed by atoms with E-state index in [9.17, 15) is 5.11 Å². The van der Waals surface area contributed by atoms with E-state index in [-0.39, 0.29) is 19.3 Å². The van der Waals surface area contributed by atoms with Crippen molar-refractivity contribution in [2.75, 3.05) is 19.8 Å². The molecule has 0 radical (unpaired) electrons. The minimum Gasteiger partial charge on any atom is -0.490 e. The molecule has 1 aromatic rings. The predicted octanol–water partition coefficient (Wildman–Crippen LogP) is 1.48. The van der Waals surface area contributed by atoms with Crippen LogP contribution >= 0.6 is 0 Å². The molecule has 0 spiro atoms. The Morgan fingerprint density at radius 1 is 1.33 bits per heavy atom. The van der Waals surface area contributed by atoms with Gasteiger partial charge in [-0.15, -0.1) is 0 Å². The monoisotopic (exact) mass is 253 g/mol. The van der Waals surface area contributed by atoms with Crippen LogP contribution in [0.15, 0.2) is 24.3 Å². The van der Waals surface area contributed by atoms with Crippen LogP contribution in [-0.2, 0) is 0 Å². The van der Waals surface area contributed by atoms with Gasteiger partial charge in [0.25, 0.3) is 0 Å². The van der Waals surface area contributed by atoms with Crippen LogP contribution in [0.2, 0.25) is 0 Å². The molecule has 0 aliphatic carbocycles. The highest BCUT2D eigenvalue weighted by Gasteiger charge is 2.11. The van der Waals surface area contributed by atoms with E-state index in [1.165, 1.54) is 0 Å². The number of aliphatic hydroxyl groups excluding tert-OH is 2. The predicted molar refractivity (Wildman–Crippen MR) is 71.7 cm³/mol. The third-order valence-corrected chi connectivity index (χ3v) is 2.73. The Morgan fingerprint density at radius 3 is 2.72 bits per heavy atom. The molecule has 0 heterocycles. The molecule has 0 amide bonds. The van der Waals surface area contributed by atoms with E-state index in [4.69, 9.17) is 9.84 Å². The van der Waals surface area contributed by atoms with E-state index in [0.29, 0.717) is 0 Å². The normalized spacial score (nSPS) is 14.2. The molecule has 0 aliphatic heterocycles. The first kappa shape index (κ1) is 15.0. The van der Waals surface area contributed by atoms with E-state index >= 15 is 0 Å². The summed E-state index contributed by atoms with van der Waals surface area (Å²) in [6.07, 6.45) is 0.244. The van der Waals surface area contributed by atoms with Gasteiger partial charge in [-0.05, 0) is 26.0 Å². The van der Waals surface area contributed by atoms with Gasteiger partial charge in [0.1, 0.15) is 18.5 Å². The molecule has 0 aliphatic rings. The molecule has 0 fully saturated rings. The van der Waals surface area contributed by atoms with Gasteiger partial charge >= 0.3 is 0 Å². The van der Waals surface area contributed by atoms with E-state index in [1.54, 1.807) is 0 Å². The fourth-order valence-electron chi connectivity index (χ4n) is 1.68. The lowest BCUT2D eigenvalue weighted by molar-refractivity contribution is 0.0531. The molecule has 4 nitrogen and oxygen atoms in total. The Morgan fingerprint density at radius 2 is 2.06 bits per heavy atom. The minimum atomic E-state index is -0.836. The number of nitrogens with one attached hydrogen (secondary N) is 1. The first-order valence-corrected chi connectivity index (χ1v) is 6.43. The number of aliphatic hydroxyl groups is 2. The summed E-state index contributed by atoms with van der Waals surface area (Å²) >= 11 is 0. The van der Waals surface area contributed by atoms with E-state index in [2.05, 4.69) is 19.2 Å². The SMILES string of the molecule is CCCNC(C)c1ccccc1OCC(O)CO. The average Bonchev–Trinajstić information content (AvgIpc) is 2.42. The first-order chi connectivity index (χ1) is 8.69. The van der Waals surface area contributed by atoms with E-state index in [0.717, 1.165) is 24.3 Å². The molecule has 1 rings (SSSR count). The molecule has 4 heteroatoms. The molecule has 0 saturated carbocycles. The number of benzene rings is 1. The van der Waals surface area contributed by atoms with Crippen molar-refractivity contribution in [2.24, 2.45) is 0 Å². The van der Waals surface area contributed by atoms with Gasteiger partial charge in [-0.3, -0.25) is 0 Å². The van der Waals surface area contributed by atoms with Crippen molar-refractivity contribution in [1.29, 1.82) is 0 Å². The van der Waals surface area contributed by atoms with Gasteiger partial charge in [0.15, 0.2) is 0 Å². The Hall–Kier alpha value is -1.10. The Kier molecular flexibility index (Phi) is 6.72. The second-order valence-electron chi connectivity index (χ2n) is 4.36. The largest absolute Gasteiger partial charge is 0.490 e. The molecule has 1 aromatic carbocycles. The molecular weight excluding hydrogens is 230 g/mol. The van der Waals surface area contributed by atoms with Crippen LogP contribution in [0.4, 0.5) is 0 Å². The van der Waals surface area contributed by atoms with Crippen LogP contribution in [0.1, 0.15) is 31.9 Å². The average molecular weight is 253 g/mol. The number of hydrogen-bond acceptors (Lipinski definition) is 4. The van der Waals surface area contributed by atoms with Gasteiger partial charge in [0.05, 0.1) is 6.61 Å². The van der Waals surface area contributed by atoms with Crippen molar-refractivity contribution in [3.8, 4) is 5.75 Å². The van der Waals surface area contributed by atoms with Crippen molar-refractivity contribution in [1.82, 2.24) is 5.32 Å². The third-order valence-electron chi connectivity index (χ3n) is 2.73. The number of rotatable bonds is 8. The van der Waals surface area contributed by atoms with Gasteiger partial charge in [0, 0.05) is 11.6 Å². The van der Waals surface area contributed by atoms with Crippen LogP contribution < -0.4 is 10.1 Å². The van der Waals surface area contributed by atoms with Gasteiger partial charge in [-0.2, -0.15) is 0 Å². The van der Waals surface area contributed by atoms with Crippen LogP contribution in [0, 0.1) is 0 Å². The summed E-state index contributed by atoms with van der Waals surface area (Å²) in [5.41, 5.74) is 1.07. The van der Waals surface area contributed by atoms with E-state index < -0.39 is 6.10 Å². The lowest BCUT2D eigenvalue weighted by atomic mass is 10.1. The smallest absolute Gasteiger partial charge is 0.124 e. The quantitative estimate of drug-likeness (QED) is 0.656. The van der Waals surface area contributed by atoms with Crippen LogP contribution in [0.3, 0.4) is 0 Å². The molecule has 3 N–H and O–H groups in total. The lowest BCUT2D eigenvalue weighted by Gasteiger charge is -2.19. The standard InChI is InChI=1S/C14H23NO3/c1-3-8-15-11(2)13-6-4-5-7-14(13)18-10-12(17)9-16/h4-7,11-12,15-17H,3,8-10H2,1-2H3. The van der Waals surface area contributed by atoms with Gasteiger partial charge in [0.2, 0.25) is 0 Å².